The van der Waals surface area contributed by atoms with E-state index in [9.17, 15) is 0 Å². The van der Waals surface area contributed by atoms with E-state index in [1.54, 1.807) is 0 Å². The molecule has 0 aliphatic heterocycles. The number of unbranched alkanes of at least 4 members (excludes halogenated alkanes) is 1. The molecule has 17 heavy (non-hydrogen) atoms. The molecule has 1 aliphatic carbocycles. The lowest BCUT2D eigenvalue weighted by atomic mass is 10.2. The zero-order valence-electron chi connectivity index (χ0n) is 11.9. The van der Waals surface area contributed by atoms with E-state index in [1.807, 2.05) is 0 Å². The van der Waals surface area contributed by atoms with Gasteiger partial charge in [-0.2, -0.15) is 0 Å². The van der Waals surface area contributed by atoms with Gasteiger partial charge in [-0.05, 0) is 39.2 Å². The van der Waals surface area contributed by atoms with Gasteiger partial charge in [0.1, 0.15) is 0 Å². The highest BCUT2D eigenvalue weighted by molar-refractivity contribution is 4.84. The maximum absolute atomic E-state index is 5.50. The average molecular weight is 242 g/mol. The Balaban J connectivity index is 1.83. The van der Waals surface area contributed by atoms with Crippen molar-refractivity contribution in [2.45, 2.75) is 45.6 Å². The van der Waals surface area contributed by atoms with Gasteiger partial charge >= 0.3 is 0 Å². The van der Waals surface area contributed by atoms with Gasteiger partial charge in [0.05, 0.1) is 6.61 Å². The Morgan fingerprint density at radius 3 is 2.71 bits per heavy atom. The van der Waals surface area contributed by atoms with Gasteiger partial charge in [0.2, 0.25) is 0 Å². The summed E-state index contributed by atoms with van der Waals surface area (Å²) < 4.78 is 5.50. The molecule has 0 radical (unpaired) electrons. The van der Waals surface area contributed by atoms with Crippen molar-refractivity contribution in [3.05, 3.63) is 0 Å². The van der Waals surface area contributed by atoms with Crippen LogP contribution in [0.5, 0.6) is 0 Å². The SMILES string of the molecule is CCCCOCCNCCN(C)C(C)C1CC1. The molecular formula is C14H30N2O. The molecule has 3 nitrogen and oxygen atoms in total. The highest BCUT2D eigenvalue weighted by Crippen LogP contribution is 2.34. The van der Waals surface area contributed by atoms with Crippen molar-refractivity contribution >= 4 is 0 Å². The van der Waals surface area contributed by atoms with Gasteiger partial charge in [0, 0.05) is 32.3 Å². The third-order valence-electron chi connectivity index (χ3n) is 3.71. The molecular weight excluding hydrogens is 212 g/mol. The van der Waals surface area contributed by atoms with Gasteiger partial charge in [-0.3, -0.25) is 0 Å². The molecule has 0 aromatic heterocycles. The van der Waals surface area contributed by atoms with Crippen LogP contribution in [0, 0.1) is 5.92 Å². The fraction of sp³-hybridized carbons (Fsp3) is 1.00. The van der Waals surface area contributed by atoms with E-state index in [0.717, 1.165) is 44.8 Å². The summed E-state index contributed by atoms with van der Waals surface area (Å²) in [6.45, 7) is 9.51. The lowest BCUT2D eigenvalue weighted by molar-refractivity contribution is 0.132. The Hall–Kier alpha value is -0.120. The minimum absolute atomic E-state index is 0.762. The quantitative estimate of drug-likeness (QED) is 0.562. The van der Waals surface area contributed by atoms with Crippen LogP contribution in [-0.4, -0.2) is 50.8 Å². The summed E-state index contributed by atoms with van der Waals surface area (Å²) in [7, 11) is 2.24. The summed E-state index contributed by atoms with van der Waals surface area (Å²) in [4.78, 5) is 2.47. The molecule has 0 aromatic carbocycles. The van der Waals surface area contributed by atoms with Crippen molar-refractivity contribution in [1.82, 2.24) is 10.2 Å². The first-order valence-electron chi connectivity index (χ1n) is 7.24. The number of hydrogen-bond donors (Lipinski definition) is 1. The molecule has 0 bridgehead atoms. The molecule has 1 aliphatic rings. The maximum Gasteiger partial charge on any atom is 0.0590 e. The maximum atomic E-state index is 5.50. The molecule has 0 heterocycles. The first kappa shape index (κ1) is 14.9. The van der Waals surface area contributed by atoms with Gasteiger partial charge in [0.15, 0.2) is 0 Å². The standard InChI is InChI=1S/C14H30N2O/c1-4-5-11-17-12-9-15-8-10-16(3)13(2)14-6-7-14/h13-15H,4-12H2,1-3H3. The topological polar surface area (TPSA) is 24.5 Å². The lowest BCUT2D eigenvalue weighted by Crippen LogP contribution is -2.37. The molecule has 0 spiro atoms. The number of nitrogens with zero attached hydrogens (tertiary/aromatic N) is 1. The number of nitrogens with one attached hydrogen (secondary N) is 1. The highest BCUT2D eigenvalue weighted by Gasteiger charge is 2.29. The fourth-order valence-corrected chi connectivity index (χ4v) is 2.02. The normalized spacial score (nSPS) is 17.6. The van der Waals surface area contributed by atoms with Crippen molar-refractivity contribution in [2.75, 3.05) is 39.9 Å². The van der Waals surface area contributed by atoms with E-state index in [0.29, 0.717) is 0 Å². The second-order valence-corrected chi connectivity index (χ2v) is 5.27. The molecule has 3 heteroatoms. The summed E-state index contributed by atoms with van der Waals surface area (Å²) in [6.07, 6.45) is 5.27. The lowest BCUT2D eigenvalue weighted by Gasteiger charge is -2.24. The van der Waals surface area contributed by atoms with Gasteiger partial charge in [0.25, 0.3) is 0 Å². The molecule has 1 unspecified atom stereocenters. The number of rotatable bonds is 11. The molecule has 1 fully saturated rings. The summed E-state index contributed by atoms with van der Waals surface area (Å²) in [5.41, 5.74) is 0. The van der Waals surface area contributed by atoms with Crippen LogP contribution in [0.25, 0.3) is 0 Å². The molecule has 0 amide bonds. The van der Waals surface area contributed by atoms with E-state index in [4.69, 9.17) is 4.74 Å². The van der Waals surface area contributed by atoms with Crippen LogP contribution in [0.15, 0.2) is 0 Å². The zero-order valence-corrected chi connectivity index (χ0v) is 11.9. The Bertz CT molecular complexity index is 183. The summed E-state index contributed by atoms with van der Waals surface area (Å²) in [6, 6.07) is 0.762. The van der Waals surface area contributed by atoms with Gasteiger partial charge in [-0.1, -0.05) is 13.3 Å². The second-order valence-electron chi connectivity index (χ2n) is 5.27. The van der Waals surface area contributed by atoms with E-state index in [-0.39, 0.29) is 0 Å². The molecule has 1 rings (SSSR count). The molecule has 1 atom stereocenters. The van der Waals surface area contributed by atoms with Crippen LogP contribution in [0.1, 0.15) is 39.5 Å². The Morgan fingerprint density at radius 1 is 1.29 bits per heavy atom. The van der Waals surface area contributed by atoms with Crippen molar-refractivity contribution in [2.24, 2.45) is 5.92 Å². The van der Waals surface area contributed by atoms with Crippen LogP contribution in [0.2, 0.25) is 0 Å². The first-order valence-corrected chi connectivity index (χ1v) is 7.24. The van der Waals surface area contributed by atoms with Crippen molar-refractivity contribution in [1.29, 1.82) is 0 Å². The van der Waals surface area contributed by atoms with E-state index in [2.05, 4.69) is 31.1 Å². The molecule has 102 valence electrons. The van der Waals surface area contributed by atoms with Gasteiger partial charge in [-0.25, -0.2) is 0 Å². The number of ether oxygens (including phenoxy) is 1. The number of likely N-dealkylation sites (N-methyl/N-ethyl adjacent to an activating group) is 1. The van der Waals surface area contributed by atoms with Crippen LogP contribution in [-0.2, 0) is 4.74 Å². The predicted molar refractivity (Wildman–Crippen MR) is 73.4 cm³/mol. The van der Waals surface area contributed by atoms with Crippen LogP contribution >= 0.6 is 0 Å². The van der Waals surface area contributed by atoms with Crippen LogP contribution in [0.3, 0.4) is 0 Å². The summed E-state index contributed by atoms with van der Waals surface area (Å²) >= 11 is 0. The third-order valence-corrected chi connectivity index (χ3v) is 3.71. The van der Waals surface area contributed by atoms with E-state index >= 15 is 0 Å². The van der Waals surface area contributed by atoms with Crippen LogP contribution < -0.4 is 5.32 Å². The van der Waals surface area contributed by atoms with Crippen molar-refractivity contribution < 1.29 is 4.74 Å². The predicted octanol–water partition coefficient (Wildman–Crippen LogP) is 2.12. The van der Waals surface area contributed by atoms with E-state index in [1.165, 1.54) is 25.7 Å². The molecule has 1 N–H and O–H groups in total. The van der Waals surface area contributed by atoms with Crippen LogP contribution in [0.4, 0.5) is 0 Å². The molecule has 0 saturated heterocycles. The second kappa shape index (κ2) is 8.90. The fourth-order valence-electron chi connectivity index (χ4n) is 2.02. The summed E-state index contributed by atoms with van der Waals surface area (Å²) in [5.74, 6) is 0.970. The van der Waals surface area contributed by atoms with E-state index < -0.39 is 0 Å². The van der Waals surface area contributed by atoms with Crippen molar-refractivity contribution in [3.8, 4) is 0 Å². The smallest absolute Gasteiger partial charge is 0.0590 e. The molecule has 0 aromatic rings. The van der Waals surface area contributed by atoms with Gasteiger partial charge in [-0.15, -0.1) is 0 Å². The number of hydrogen-bond acceptors (Lipinski definition) is 3. The molecule has 1 saturated carbocycles. The average Bonchev–Trinajstić information content (AvgIpc) is 3.15. The highest BCUT2D eigenvalue weighted by atomic mass is 16.5. The monoisotopic (exact) mass is 242 g/mol. The third kappa shape index (κ3) is 7.02. The summed E-state index contributed by atoms with van der Waals surface area (Å²) in [5, 5.41) is 3.44. The first-order chi connectivity index (χ1) is 8.25. The zero-order chi connectivity index (χ0) is 12.5. The Labute approximate surface area is 107 Å². The Morgan fingerprint density at radius 2 is 2.06 bits per heavy atom. The van der Waals surface area contributed by atoms with Gasteiger partial charge < -0.3 is 15.0 Å². The Kier molecular flexibility index (Phi) is 7.82. The minimum Gasteiger partial charge on any atom is -0.380 e. The van der Waals surface area contributed by atoms with Crippen molar-refractivity contribution in [3.63, 3.8) is 0 Å². The minimum atomic E-state index is 0.762. The largest absolute Gasteiger partial charge is 0.380 e.